The third-order valence-electron chi connectivity index (χ3n) is 3.63. The van der Waals surface area contributed by atoms with E-state index in [0.29, 0.717) is 11.4 Å². The van der Waals surface area contributed by atoms with Gasteiger partial charge >= 0.3 is 6.03 Å². The van der Waals surface area contributed by atoms with Crippen molar-refractivity contribution >= 4 is 17.6 Å². The van der Waals surface area contributed by atoms with Gasteiger partial charge in [0.2, 0.25) is 0 Å². The predicted octanol–water partition coefficient (Wildman–Crippen LogP) is 2.35. The molecule has 3 amide bonds. The highest BCUT2D eigenvalue weighted by atomic mass is 16.5. The maximum Gasteiger partial charge on any atom is 0.321 e. The number of ether oxygens (including phenoxy) is 1. The molecule has 120 valence electrons. The number of nitrogens with two attached hydrogens (primary N) is 1. The quantitative estimate of drug-likeness (QED) is 0.895. The first-order valence-corrected chi connectivity index (χ1v) is 7.72. The molecule has 1 aromatic carbocycles. The van der Waals surface area contributed by atoms with Crippen LogP contribution in [-0.2, 0) is 4.79 Å². The Morgan fingerprint density at radius 2 is 1.64 bits per heavy atom. The minimum Gasteiger partial charge on any atom is -0.484 e. The average molecular weight is 305 g/mol. The molecule has 0 unspecified atom stereocenters. The van der Waals surface area contributed by atoms with Gasteiger partial charge in [0.1, 0.15) is 5.75 Å². The molecule has 1 aliphatic rings. The van der Waals surface area contributed by atoms with Crippen LogP contribution in [0.3, 0.4) is 0 Å². The van der Waals surface area contributed by atoms with Gasteiger partial charge in [0.05, 0.1) is 0 Å². The van der Waals surface area contributed by atoms with Crippen molar-refractivity contribution < 1.29 is 14.3 Å². The minimum atomic E-state index is -0.519. The third kappa shape index (κ3) is 5.27. The first kappa shape index (κ1) is 16.1. The highest BCUT2D eigenvalue weighted by Gasteiger charge is 2.14. The summed E-state index contributed by atoms with van der Waals surface area (Å²) in [6.45, 7) is 1.47. The largest absolute Gasteiger partial charge is 0.484 e. The van der Waals surface area contributed by atoms with E-state index in [2.05, 4.69) is 5.32 Å². The van der Waals surface area contributed by atoms with Crippen molar-refractivity contribution in [3.8, 4) is 5.75 Å². The molecule has 0 atom stereocenters. The van der Waals surface area contributed by atoms with Gasteiger partial charge in [-0.2, -0.15) is 0 Å². The normalized spacial score (nSPS) is 15.5. The van der Waals surface area contributed by atoms with Crippen molar-refractivity contribution in [3.05, 3.63) is 24.3 Å². The van der Waals surface area contributed by atoms with Crippen LogP contribution in [0.15, 0.2) is 24.3 Å². The average Bonchev–Trinajstić information content (AvgIpc) is 2.46. The second-order valence-electron chi connectivity index (χ2n) is 5.46. The van der Waals surface area contributed by atoms with E-state index in [0.717, 1.165) is 25.9 Å². The highest BCUT2D eigenvalue weighted by Crippen LogP contribution is 2.17. The van der Waals surface area contributed by atoms with Crippen LogP contribution in [0.5, 0.6) is 5.75 Å². The Kier molecular flexibility index (Phi) is 6.06. The highest BCUT2D eigenvalue weighted by molar-refractivity contribution is 5.89. The number of rotatable bonds is 4. The summed E-state index contributed by atoms with van der Waals surface area (Å²) in [5.41, 5.74) is 5.72. The van der Waals surface area contributed by atoms with Crippen LogP contribution in [0, 0.1) is 0 Å². The Hall–Kier alpha value is -2.24. The van der Waals surface area contributed by atoms with E-state index >= 15 is 0 Å². The number of hydrogen-bond acceptors (Lipinski definition) is 3. The van der Waals surface area contributed by atoms with Gasteiger partial charge in [-0.05, 0) is 37.1 Å². The molecule has 6 heteroatoms. The van der Waals surface area contributed by atoms with Crippen molar-refractivity contribution in [2.24, 2.45) is 5.73 Å². The van der Waals surface area contributed by atoms with Crippen LogP contribution in [0.2, 0.25) is 0 Å². The number of carbonyl (C=O) groups is 2. The molecule has 22 heavy (non-hydrogen) atoms. The van der Waals surface area contributed by atoms with E-state index in [1.54, 1.807) is 24.3 Å². The molecule has 0 saturated carbocycles. The number of hydrogen-bond donors (Lipinski definition) is 2. The van der Waals surface area contributed by atoms with Crippen LogP contribution in [0.4, 0.5) is 10.5 Å². The summed E-state index contributed by atoms with van der Waals surface area (Å²) in [5, 5.41) is 2.89. The fraction of sp³-hybridized carbons (Fsp3) is 0.500. The summed E-state index contributed by atoms with van der Waals surface area (Å²) in [5.74, 6) is 0.0255. The predicted molar refractivity (Wildman–Crippen MR) is 84.8 cm³/mol. The monoisotopic (exact) mass is 305 g/mol. The van der Waals surface area contributed by atoms with Crippen LogP contribution < -0.4 is 15.8 Å². The Morgan fingerprint density at radius 3 is 2.23 bits per heavy atom. The molecule has 1 saturated heterocycles. The van der Waals surface area contributed by atoms with Gasteiger partial charge in [0.15, 0.2) is 6.61 Å². The van der Waals surface area contributed by atoms with E-state index < -0.39 is 5.91 Å². The Balaban J connectivity index is 1.86. The van der Waals surface area contributed by atoms with E-state index in [1.807, 2.05) is 4.90 Å². The van der Waals surface area contributed by atoms with Crippen molar-refractivity contribution in [1.82, 2.24) is 4.90 Å². The van der Waals surface area contributed by atoms with Gasteiger partial charge in [-0.3, -0.25) is 4.79 Å². The van der Waals surface area contributed by atoms with Gasteiger partial charge in [0.25, 0.3) is 5.91 Å². The summed E-state index contributed by atoms with van der Waals surface area (Å²) in [4.78, 5) is 24.8. The van der Waals surface area contributed by atoms with Gasteiger partial charge in [0, 0.05) is 18.8 Å². The molecule has 1 aromatic rings. The van der Waals surface area contributed by atoms with Crippen molar-refractivity contribution in [1.29, 1.82) is 0 Å². The SMILES string of the molecule is NC(=O)COc1ccc(NC(=O)N2CCCCCCC2)cc1. The summed E-state index contributed by atoms with van der Waals surface area (Å²) in [6, 6.07) is 6.84. The lowest BCUT2D eigenvalue weighted by Crippen LogP contribution is -2.37. The van der Waals surface area contributed by atoms with E-state index in [4.69, 9.17) is 10.5 Å². The van der Waals surface area contributed by atoms with Crippen LogP contribution in [0.1, 0.15) is 32.1 Å². The number of amides is 3. The van der Waals surface area contributed by atoms with Crippen LogP contribution in [0.25, 0.3) is 0 Å². The molecule has 6 nitrogen and oxygen atoms in total. The number of benzene rings is 1. The zero-order valence-electron chi connectivity index (χ0n) is 12.7. The van der Waals surface area contributed by atoms with Crippen molar-refractivity contribution in [2.75, 3.05) is 25.0 Å². The summed E-state index contributed by atoms with van der Waals surface area (Å²) in [7, 11) is 0. The topological polar surface area (TPSA) is 84.7 Å². The van der Waals surface area contributed by atoms with Gasteiger partial charge in [-0.1, -0.05) is 19.3 Å². The maximum atomic E-state index is 12.3. The molecule has 1 aliphatic heterocycles. The third-order valence-corrected chi connectivity index (χ3v) is 3.63. The molecule has 0 spiro atoms. The van der Waals surface area contributed by atoms with Crippen LogP contribution >= 0.6 is 0 Å². The van der Waals surface area contributed by atoms with Crippen molar-refractivity contribution in [3.63, 3.8) is 0 Å². The van der Waals surface area contributed by atoms with E-state index in [-0.39, 0.29) is 12.6 Å². The lowest BCUT2D eigenvalue weighted by atomic mass is 10.1. The second-order valence-corrected chi connectivity index (χ2v) is 5.46. The Morgan fingerprint density at radius 1 is 1.05 bits per heavy atom. The fourth-order valence-corrected chi connectivity index (χ4v) is 2.44. The van der Waals surface area contributed by atoms with Gasteiger partial charge < -0.3 is 20.7 Å². The first-order chi connectivity index (χ1) is 10.6. The lowest BCUT2D eigenvalue weighted by Gasteiger charge is -2.25. The number of carbonyl (C=O) groups excluding carboxylic acids is 2. The Bertz CT molecular complexity index is 494. The standard InChI is InChI=1S/C16H23N3O3/c17-15(20)12-22-14-8-6-13(7-9-14)18-16(21)19-10-4-2-1-3-5-11-19/h6-9H,1-5,10-12H2,(H2,17,20)(H,18,21). The zero-order valence-corrected chi connectivity index (χ0v) is 12.7. The lowest BCUT2D eigenvalue weighted by molar-refractivity contribution is -0.119. The molecule has 1 fully saturated rings. The molecule has 1 heterocycles. The number of likely N-dealkylation sites (tertiary alicyclic amines) is 1. The number of nitrogens with zero attached hydrogens (tertiary/aromatic N) is 1. The molecular formula is C16H23N3O3. The number of nitrogens with one attached hydrogen (secondary N) is 1. The molecule has 0 aromatic heterocycles. The van der Waals surface area contributed by atoms with Gasteiger partial charge in [-0.25, -0.2) is 4.79 Å². The molecule has 0 bridgehead atoms. The van der Waals surface area contributed by atoms with Crippen molar-refractivity contribution in [2.45, 2.75) is 32.1 Å². The maximum absolute atomic E-state index is 12.3. The summed E-state index contributed by atoms with van der Waals surface area (Å²) >= 11 is 0. The molecule has 0 radical (unpaired) electrons. The molecule has 2 rings (SSSR count). The summed E-state index contributed by atoms with van der Waals surface area (Å²) in [6.07, 6.45) is 5.77. The second kappa shape index (κ2) is 8.26. The minimum absolute atomic E-state index is 0.0623. The molecule has 3 N–H and O–H groups in total. The molecular weight excluding hydrogens is 282 g/mol. The Labute approximate surface area is 130 Å². The number of urea groups is 1. The zero-order chi connectivity index (χ0) is 15.8. The fourth-order valence-electron chi connectivity index (χ4n) is 2.44. The summed E-state index contributed by atoms with van der Waals surface area (Å²) < 4.78 is 5.18. The first-order valence-electron chi connectivity index (χ1n) is 7.72. The van der Waals surface area contributed by atoms with Gasteiger partial charge in [-0.15, -0.1) is 0 Å². The number of primary amides is 1. The van der Waals surface area contributed by atoms with E-state index in [9.17, 15) is 9.59 Å². The van der Waals surface area contributed by atoms with E-state index in [1.165, 1.54) is 19.3 Å². The number of anilines is 1. The van der Waals surface area contributed by atoms with Crippen LogP contribution in [-0.4, -0.2) is 36.5 Å². The smallest absolute Gasteiger partial charge is 0.321 e. The molecule has 0 aliphatic carbocycles.